The number of nitrogens with one attached hydrogen (secondary N) is 1. The Labute approximate surface area is 123 Å². The Morgan fingerprint density at radius 3 is 2.53 bits per heavy atom. The van der Waals surface area contributed by atoms with Gasteiger partial charge in [-0.3, -0.25) is 0 Å². The molecule has 3 N–H and O–H groups in total. The van der Waals surface area contributed by atoms with Crippen molar-refractivity contribution in [2.45, 2.75) is 30.6 Å². The molecule has 1 aromatic carbocycles. The van der Waals surface area contributed by atoms with Crippen molar-refractivity contribution in [1.29, 1.82) is 0 Å². The van der Waals surface area contributed by atoms with Gasteiger partial charge in [-0.2, -0.15) is 0 Å². The number of nitrogen functional groups attached to an aromatic ring is 1. The van der Waals surface area contributed by atoms with Crippen LogP contribution in [0.2, 0.25) is 10.0 Å². The van der Waals surface area contributed by atoms with Crippen molar-refractivity contribution >= 4 is 38.9 Å². The summed E-state index contributed by atoms with van der Waals surface area (Å²) < 4.78 is 27.0. The van der Waals surface area contributed by atoms with E-state index < -0.39 is 10.0 Å². The Kier molecular flexibility index (Phi) is 4.61. The van der Waals surface area contributed by atoms with Crippen molar-refractivity contribution in [3.63, 3.8) is 0 Å². The summed E-state index contributed by atoms with van der Waals surface area (Å²) in [7, 11) is -3.64. The van der Waals surface area contributed by atoms with Crippen molar-refractivity contribution in [3.05, 3.63) is 22.2 Å². The summed E-state index contributed by atoms with van der Waals surface area (Å²) in [6.45, 7) is 0.446. The first kappa shape index (κ1) is 14.9. The first-order valence-corrected chi connectivity index (χ1v) is 8.39. The standard InChI is InChI=1S/C12H16Cl2N2O2S/c13-9-5-6-10(11(14)12(9)15)19(17,18)16-7-8-3-1-2-4-8/h5-6,8,16H,1-4,7,15H2. The first-order chi connectivity index (χ1) is 8.92. The zero-order valence-electron chi connectivity index (χ0n) is 10.3. The van der Waals surface area contributed by atoms with Gasteiger partial charge in [0.25, 0.3) is 0 Å². The van der Waals surface area contributed by atoms with E-state index in [4.69, 9.17) is 28.9 Å². The van der Waals surface area contributed by atoms with Gasteiger partial charge < -0.3 is 5.73 Å². The fourth-order valence-corrected chi connectivity index (χ4v) is 4.16. The highest BCUT2D eigenvalue weighted by atomic mass is 35.5. The third-order valence-corrected chi connectivity index (χ3v) is 5.73. The van der Waals surface area contributed by atoms with E-state index in [2.05, 4.69) is 4.72 Å². The number of sulfonamides is 1. The molecular weight excluding hydrogens is 307 g/mol. The minimum Gasteiger partial charge on any atom is -0.396 e. The molecule has 0 aromatic heterocycles. The summed E-state index contributed by atoms with van der Waals surface area (Å²) in [6.07, 6.45) is 4.47. The molecule has 0 radical (unpaired) electrons. The fraction of sp³-hybridized carbons (Fsp3) is 0.500. The lowest BCUT2D eigenvalue weighted by atomic mass is 10.1. The molecule has 1 aliphatic carbocycles. The molecule has 0 saturated heterocycles. The quantitative estimate of drug-likeness (QED) is 0.837. The monoisotopic (exact) mass is 322 g/mol. The lowest BCUT2D eigenvalue weighted by Crippen LogP contribution is -2.28. The topological polar surface area (TPSA) is 72.2 Å². The van der Waals surface area contributed by atoms with Gasteiger partial charge in [0.2, 0.25) is 10.0 Å². The Hall–Kier alpha value is -0.490. The molecular formula is C12H16Cl2N2O2S. The summed E-state index contributed by atoms with van der Waals surface area (Å²) in [6, 6.07) is 2.81. The van der Waals surface area contributed by atoms with Gasteiger partial charge in [-0.1, -0.05) is 36.0 Å². The minimum absolute atomic E-state index is 0.0194. The van der Waals surface area contributed by atoms with E-state index >= 15 is 0 Å². The van der Waals surface area contributed by atoms with Gasteiger partial charge in [0.05, 0.1) is 15.7 Å². The van der Waals surface area contributed by atoms with Crippen molar-refractivity contribution < 1.29 is 8.42 Å². The highest BCUT2D eigenvalue weighted by Gasteiger charge is 2.23. The molecule has 0 heterocycles. The lowest BCUT2D eigenvalue weighted by molar-refractivity contribution is 0.519. The maximum atomic E-state index is 12.2. The molecule has 1 aliphatic rings. The molecule has 4 nitrogen and oxygen atoms in total. The van der Waals surface area contributed by atoms with Crippen molar-refractivity contribution in [1.82, 2.24) is 4.72 Å². The average Bonchev–Trinajstić information content (AvgIpc) is 2.86. The highest BCUT2D eigenvalue weighted by molar-refractivity contribution is 7.89. The van der Waals surface area contributed by atoms with E-state index in [0.717, 1.165) is 12.8 Å². The van der Waals surface area contributed by atoms with Crippen LogP contribution in [0.25, 0.3) is 0 Å². The largest absolute Gasteiger partial charge is 0.396 e. The minimum atomic E-state index is -3.64. The molecule has 0 aliphatic heterocycles. The Bertz CT molecular complexity index is 569. The molecule has 19 heavy (non-hydrogen) atoms. The molecule has 106 valence electrons. The van der Waals surface area contributed by atoms with Crippen LogP contribution in [0.15, 0.2) is 17.0 Å². The molecule has 0 unspecified atom stereocenters. The zero-order chi connectivity index (χ0) is 14.0. The van der Waals surface area contributed by atoms with Crippen LogP contribution in [0.5, 0.6) is 0 Å². The Morgan fingerprint density at radius 2 is 1.89 bits per heavy atom. The van der Waals surface area contributed by atoms with E-state index in [9.17, 15) is 8.42 Å². The Morgan fingerprint density at radius 1 is 1.26 bits per heavy atom. The summed E-state index contributed by atoms with van der Waals surface area (Å²) in [4.78, 5) is -0.0194. The van der Waals surface area contributed by atoms with E-state index in [1.807, 2.05) is 0 Å². The van der Waals surface area contributed by atoms with Crippen LogP contribution >= 0.6 is 23.2 Å². The third-order valence-electron chi connectivity index (χ3n) is 3.42. The van der Waals surface area contributed by atoms with Crippen LogP contribution in [0.1, 0.15) is 25.7 Å². The summed E-state index contributed by atoms with van der Waals surface area (Å²) in [5.41, 5.74) is 5.73. The third kappa shape index (κ3) is 3.34. The molecule has 0 spiro atoms. The van der Waals surface area contributed by atoms with Gasteiger partial charge >= 0.3 is 0 Å². The van der Waals surface area contributed by atoms with Gasteiger partial charge in [0.1, 0.15) is 4.90 Å². The molecule has 1 saturated carbocycles. The highest BCUT2D eigenvalue weighted by Crippen LogP contribution is 2.33. The van der Waals surface area contributed by atoms with Crippen LogP contribution in [-0.2, 0) is 10.0 Å². The summed E-state index contributed by atoms with van der Waals surface area (Å²) >= 11 is 11.7. The van der Waals surface area contributed by atoms with Crippen molar-refractivity contribution in [3.8, 4) is 0 Å². The molecule has 0 atom stereocenters. The van der Waals surface area contributed by atoms with E-state index in [1.165, 1.54) is 25.0 Å². The molecule has 1 aromatic rings. The zero-order valence-corrected chi connectivity index (χ0v) is 12.7. The molecule has 7 heteroatoms. The number of benzene rings is 1. The summed E-state index contributed by atoms with van der Waals surface area (Å²) in [5.74, 6) is 0.415. The number of hydrogen-bond acceptors (Lipinski definition) is 3. The van der Waals surface area contributed by atoms with Crippen LogP contribution in [0.4, 0.5) is 5.69 Å². The second kappa shape index (κ2) is 5.87. The predicted molar refractivity (Wildman–Crippen MR) is 78.0 cm³/mol. The average molecular weight is 323 g/mol. The van der Waals surface area contributed by atoms with Crippen molar-refractivity contribution in [2.24, 2.45) is 5.92 Å². The summed E-state index contributed by atoms with van der Waals surface area (Å²) in [5, 5.41) is 0.228. The fourth-order valence-electron chi connectivity index (χ4n) is 2.28. The van der Waals surface area contributed by atoms with E-state index in [1.54, 1.807) is 0 Å². The van der Waals surface area contributed by atoms with Gasteiger partial charge in [0.15, 0.2) is 0 Å². The number of anilines is 1. The molecule has 2 rings (SSSR count). The second-order valence-electron chi connectivity index (χ2n) is 4.78. The lowest BCUT2D eigenvalue weighted by Gasteiger charge is -2.13. The van der Waals surface area contributed by atoms with Crippen LogP contribution in [0.3, 0.4) is 0 Å². The van der Waals surface area contributed by atoms with Gasteiger partial charge in [-0.15, -0.1) is 0 Å². The Balaban J connectivity index is 2.17. The first-order valence-electron chi connectivity index (χ1n) is 6.15. The predicted octanol–water partition coefficient (Wildman–Crippen LogP) is 3.04. The van der Waals surface area contributed by atoms with Crippen LogP contribution in [-0.4, -0.2) is 15.0 Å². The molecule has 1 fully saturated rings. The van der Waals surface area contributed by atoms with Gasteiger partial charge in [-0.25, -0.2) is 13.1 Å². The number of nitrogens with two attached hydrogens (primary N) is 1. The van der Waals surface area contributed by atoms with Gasteiger partial charge in [0, 0.05) is 6.54 Å². The number of halogens is 2. The van der Waals surface area contributed by atoms with Crippen LogP contribution < -0.4 is 10.5 Å². The van der Waals surface area contributed by atoms with E-state index in [-0.39, 0.29) is 20.6 Å². The maximum Gasteiger partial charge on any atom is 0.242 e. The van der Waals surface area contributed by atoms with E-state index in [0.29, 0.717) is 12.5 Å². The second-order valence-corrected chi connectivity index (χ2v) is 7.30. The molecule has 0 bridgehead atoms. The normalized spacial score (nSPS) is 16.9. The number of hydrogen-bond donors (Lipinski definition) is 2. The van der Waals surface area contributed by atoms with Gasteiger partial charge in [-0.05, 0) is 30.9 Å². The number of rotatable bonds is 4. The SMILES string of the molecule is Nc1c(Cl)ccc(S(=O)(=O)NCC2CCCC2)c1Cl. The smallest absolute Gasteiger partial charge is 0.242 e. The van der Waals surface area contributed by atoms with Crippen molar-refractivity contribution in [2.75, 3.05) is 12.3 Å². The van der Waals surface area contributed by atoms with Crippen LogP contribution in [0, 0.1) is 5.92 Å². The maximum absolute atomic E-state index is 12.2. The molecule has 0 amide bonds.